The van der Waals surface area contributed by atoms with Crippen LogP contribution in [0.25, 0.3) is 0 Å². The van der Waals surface area contributed by atoms with Gasteiger partial charge in [0.25, 0.3) is 0 Å². The zero-order chi connectivity index (χ0) is 12.5. The van der Waals surface area contributed by atoms with Gasteiger partial charge in [0, 0.05) is 6.61 Å². The number of aromatic carboxylic acids is 1. The summed E-state index contributed by atoms with van der Waals surface area (Å²) in [6.07, 6.45) is 1.96. The lowest BCUT2D eigenvalue weighted by Gasteiger charge is -2.34. The largest absolute Gasteiger partial charge is 0.478 e. The van der Waals surface area contributed by atoms with E-state index in [1.165, 1.54) is 11.5 Å². The summed E-state index contributed by atoms with van der Waals surface area (Å²) in [4.78, 5) is 11.1. The number of nitrogens with one attached hydrogen (secondary N) is 1. The van der Waals surface area contributed by atoms with Crippen molar-refractivity contribution in [2.75, 3.05) is 18.5 Å². The number of carbonyl (C=O) groups is 1. The Morgan fingerprint density at radius 1 is 1.65 bits per heavy atom. The third-order valence-corrected chi connectivity index (χ3v) is 3.78. The molecule has 17 heavy (non-hydrogen) atoms. The van der Waals surface area contributed by atoms with Gasteiger partial charge in [-0.05, 0) is 38.2 Å². The van der Waals surface area contributed by atoms with E-state index in [4.69, 9.17) is 9.84 Å². The molecule has 2 N–H and O–H groups in total. The normalized spacial score (nSPS) is 24.6. The molecule has 1 aliphatic heterocycles. The number of rotatable bonds is 3. The molecular formula is C11H16N2O3S. The fourth-order valence-corrected chi connectivity index (χ4v) is 2.95. The van der Waals surface area contributed by atoms with Gasteiger partial charge in [-0.15, -0.1) is 0 Å². The topological polar surface area (TPSA) is 71.5 Å². The summed E-state index contributed by atoms with van der Waals surface area (Å²) >= 11 is 1.20. The summed E-state index contributed by atoms with van der Waals surface area (Å²) in [5.41, 5.74) is 0.647. The molecule has 1 unspecified atom stereocenters. The molecule has 1 aromatic rings. The van der Waals surface area contributed by atoms with Gasteiger partial charge < -0.3 is 15.2 Å². The van der Waals surface area contributed by atoms with Crippen molar-refractivity contribution < 1.29 is 14.6 Å². The molecule has 2 heterocycles. The first-order chi connectivity index (χ1) is 8.02. The Kier molecular flexibility index (Phi) is 3.35. The minimum atomic E-state index is -0.931. The van der Waals surface area contributed by atoms with Crippen molar-refractivity contribution in [3.63, 3.8) is 0 Å². The first-order valence-electron chi connectivity index (χ1n) is 5.57. The Bertz CT molecular complexity index is 424. The lowest BCUT2D eigenvalue weighted by molar-refractivity contribution is 0.0540. The van der Waals surface area contributed by atoms with Crippen LogP contribution >= 0.6 is 11.5 Å². The number of aryl methyl sites for hydroxylation is 1. The van der Waals surface area contributed by atoms with Gasteiger partial charge in [-0.3, -0.25) is 0 Å². The van der Waals surface area contributed by atoms with Crippen LogP contribution in [0.3, 0.4) is 0 Å². The molecule has 0 radical (unpaired) electrons. The third kappa shape index (κ3) is 2.58. The SMILES string of the molecule is Cc1nsc(NC2(C)CCCOC2)c1C(=O)O. The van der Waals surface area contributed by atoms with E-state index in [1.807, 2.05) is 6.92 Å². The summed E-state index contributed by atoms with van der Waals surface area (Å²) in [6.45, 7) is 5.14. The van der Waals surface area contributed by atoms with Crippen molar-refractivity contribution >= 4 is 22.5 Å². The van der Waals surface area contributed by atoms with E-state index >= 15 is 0 Å². The zero-order valence-corrected chi connectivity index (χ0v) is 10.8. The molecule has 0 bridgehead atoms. The minimum Gasteiger partial charge on any atom is -0.478 e. The van der Waals surface area contributed by atoms with Crippen LogP contribution in [0.15, 0.2) is 0 Å². The fraction of sp³-hybridized carbons (Fsp3) is 0.636. The van der Waals surface area contributed by atoms with Gasteiger partial charge in [0.1, 0.15) is 10.6 Å². The molecule has 0 aromatic carbocycles. The smallest absolute Gasteiger partial charge is 0.340 e. The average molecular weight is 256 g/mol. The quantitative estimate of drug-likeness (QED) is 0.866. The lowest BCUT2D eigenvalue weighted by Crippen LogP contribution is -2.43. The standard InChI is InChI=1S/C11H16N2O3S/c1-7-8(10(14)15)9(17-13-7)12-11(2)4-3-5-16-6-11/h12H,3-6H2,1-2H3,(H,14,15). The number of carboxylic acids is 1. The Balaban J connectivity index is 2.20. The zero-order valence-electron chi connectivity index (χ0n) is 9.95. The van der Waals surface area contributed by atoms with Crippen molar-refractivity contribution in [1.82, 2.24) is 4.37 Å². The number of anilines is 1. The molecule has 6 heteroatoms. The van der Waals surface area contributed by atoms with E-state index < -0.39 is 5.97 Å². The molecule has 0 spiro atoms. The van der Waals surface area contributed by atoms with Gasteiger partial charge in [-0.2, -0.15) is 4.37 Å². The van der Waals surface area contributed by atoms with Crippen LogP contribution in [0, 0.1) is 6.92 Å². The van der Waals surface area contributed by atoms with Gasteiger partial charge in [-0.1, -0.05) is 0 Å². The van der Waals surface area contributed by atoms with Crippen LogP contribution in [-0.2, 0) is 4.74 Å². The van der Waals surface area contributed by atoms with E-state index in [0.717, 1.165) is 19.4 Å². The van der Waals surface area contributed by atoms with Gasteiger partial charge in [0.05, 0.1) is 17.8 Å². The molecule has 1 saturated heterocycles. The van der Waals surface area contributed by atoms with Crippen LogP contribution in [0.4, 0.5) is 5.00 Å². The predicted octanol–water partition coefficient (Wildman–Crippen LogP) is 2.13. The Morgan fingerprint density at radius 2 is 2.41 bits per heavy atom. The fourth-order valence-electron chi connectivity index (χ4n) is 2.01. The molecule has 0 aliphatic carbocycles. The molecule has 94 valence electrons. The highest BCUT2D eigenvalue weighted by Crippen LogP contribution is 2.30. The van der Waals surface area contributed by atoms with Gasteiger partial charge in [-0.25, -0.2) is 4.79 Å². The highest BCUT2D eigenvalue weighted by atomic mass is 32.1. The summed E-state index contributed by atoms with van der Waals surface area (Å²) in [7, 11) is 0. The molecule has 0 amide bonds. The second-order valence-corrected chi connectivity index (χ2v) is 5.39. The second-order valence-electron chi connectivity index (χ2n) is 4.62. The summed E-state index contributed by atoms with van der Waals surface area (Å²) in [6, 6.07) is 0. The van der Waals surface area contributed by atoms with E-state index in [-0.39, 0.29) is 11.1 Å². The monoisotopic (exact) mass is 256 g/mol. The van der Waals surface area contributed by atoms with E-state index in [1.54, 1.807) is 6.92 Å². The van der Waals surface area contributed by atoms with Crippen molar-refractivity contribution in [3.05, 3.63) is 11.3 Å². The summed E-state index contributed by atoms with van der Waals surface area (Å²) < 4.78 is 9.53. The number of aromatic nitrogens is 1. The van der Waals surface area contributed by atoms with Crippen LogP contribution in [0.1, 0.15) is 35.8 Å². The van der Waals surface area contributed by atoms with Crippen molar-refractivity contribution in [2.45, 2.75) is 32.2 Å². The van der Waals surface area contributed by atoms with E-state index in [0.29, 0.717) is 17.3 Å². The first-order valence-corrected chi connectivity index (χ1v) is 6.35. The Morgan fingerprint density at radius 3 is 3.00 bits per heavy atom. The van der Waals surface area contributed by atoms with E-state index in [9.17, 15) is 4.79 Å². The minimum absolute atomic E-state index is 0.193. The average Bonchev–Trinajstić information content (AvgIpc) is 2.60. The van der Waals surface area contributed by atoms with Gasteiger partial charge in [0.15, 0.2) is 0 Å². The number of carboxylic acid groups (broad SMARTS) is 1. The molecule has 1 fully saturated rings. The van der Waals surface area contributed by atoms with Gasteiger partial charge >= 0.3 is 5.97 Å². The van der Waals surface area contributed by atoms with Crippen LogP contribution < -0.4 is 5.32 Å². The second kappa shape index (κ2) is 4.62. The summed E-state index contributed by atoms with van der Waals surface area (Å²) in [5, 5.41) is 13.1. The van der Waals surface area contributed by atoms with Crippen LogP contribution in [0.5, 0.6) is 0 Å². The molecule has 1 aliphatic rings. The van der Waals surface area contributed by atoms with E-state index in [2.05, 4.69) is 9.69 Å². The molecule has 2 rings (SSSR count). The van der Waals surface area contributed by atoms with Crippen molar-refractivity contribution in [3.8, 4) is 0 Å². The number of ether oxygens (including phenoxy) is 1. The number of hydrogen-bond acceptors (Lipinski definition) is 5. The Hall–Kier alpha value is -1.14. The molecule has 0 saturated carbocycles. The molecule has 5 nitrogen and oxygen atoms in total. The highest BCUT2D eigenvalue weighted by molar-refractivity contribution is 7.10. The maximum absolute atomic E-state index is 11.1. The summed E-state index contributed by atoms with van der Waals surface area (Å²) in [5.74, 6) is -0.931. The lowest BCUT2D eigenvalue weighted by atomic mass is 9.95. The first kappa shape index (κ1) is 12.3. The third-order valence-electron chi connectivity index (χ3n) is 2.93. The van der Waals surface area contributed by atoms with Crippen molar-refractivity contribution in [2.24, 2.45) is 0 Å². The highest BCUT2D eigenvalue weighted by Gasteiger charge is 2.30. The Labute approximate surface area is 104 Å². The number of hydrogen-bond donors (Lipinski definition) is 2. The molecular weight excluding hydrogens is 240 g/mol. The molecule has 1 aromatic heterocycles. The van der Waals surface area contributed by atoms with Crippen LogP contribution in [0.2, 0.25) is 0 Å². The van der Waals surface area contributed by atoms with Crippen molar-refractivity contribution in [1.29, 1.82) is 0 Å². The van der Waals surface area contributed by atoms with Gasteiger partial charge in [0.2, 0.25) is 0 Å². The predicted molar refractivity (Wildman–Crippen MR) is 65.9 cm³/mol. The maximum Gasteiger partial charge on any atom is 0.340 e. The van der Waals surface area contributed by atoms with Crippen LogP contribution in [-0.4, -0.2) is 34.2 Å². The molecule has 1 atom stereocenters. The number of nitrogens with zero attached hydrogens (tertiary/aromatic N) is 1. The maximum atomic E-state index is 11.1.